The number of aromatic amines is 1. The van der Waals surface area contributed by atoms with Crippen LogP contribution < -0.4 is 5.32 Å². The van der Waals surface area contributed by atoms with Gasteiger partial charge in [0.15, 0.2) is 4.96 Å². The summed E-state index contributed by atoms with van der Waals surface area (Å²) in [4.78, 5) is 25.6. The lowest BCUT2D eigenvalue weighted by Gasteiger charge is -2.03. The second-order valence-electron chi connectivity index (χ2n) is 7.68. The minimum atomic E-state index is -0.302. The van der Waals surface area contributed by atoms with Crippen LogP contribution in [0, 0.1) is 5.82 Å². The molecule has 8 heteroatoms. The highest BCUT2D eigenvalue weighted by atomic mass is 32.1. The fourth-order valence-corrected chi connectivity index (χ4v) is 4.58. The first-order valence-corrected chi connectivity index (χ1v) is 11.4. The molecule has 0 spiro atoms. The van der Waals surface area contributed by atoms with Crippen LogP contribution in [0.4, 0.5) is 4.39 Å². The molecule has 1 amide bonds. The maximum Gasteiger partial charge on any atom is 0.225 e. The molecule has 0 saturated heterocycles. The number of nitrogens with zero attached hydrogens (tertiary/aromatic N) is 3. The SMILES string of the molecule is CCc1ccc(-c2cn3c(CC(=O)NCCc4nc5ccc(F)cc5[nH]4)csc3n2)cc1. The van der Waals surface area contributed by atoms with Crippen molar-refractivity contribution in [2.24, 2.45) is 0 Å². The van der Waals surface area contributed by atoms with Gasteiger partial charge in [0.25, 0.3) is 0 Å². The lowest BCUT2D eigenvalue weighted by Crippen LogP contribution is -2.27. The lowest BCUT2D eigenvalue weighted by atomic mass is 10.1. The van der Waals surface area contributed by atoms with E-state index in [1.165, 1.54) is 29.0 Å². The summed E-state index contributed by atoms with van der Waals surface area (Å²) in [6, 6.07) is 12.9. The van der Waals surface area contributed by atoms with E-state index in [0.717, 1.165) is 34.2 Å². The molecule has 0 saturated carbocycles. The topological polar surface area (TPSA) is 75.1 Å². The maximum absolute atomic E-state index is 13.3. The first-order chi connectivity index (χ1) is 15.6. The number of halogens is 1. The third-order valence-corrected chi connectivity index (χ3v) is 6.35. The van der Waals surface area contributed by atoms with Crippen molar-refractivity contribution in [1.29, 1.82) is 0 Å². The molecule has 5 aromatic rings. The van der Waals surface area contributed by atoms with E-state index in [4.69, 9.17) is 4.98 Å². The Morgan fingerprint density at radius 2 is 2.03 bits per heavy atom. The number of imidazole rings is 2. The van der Waals surface area contributed by atoms with Crippen LogP contribution >= 0.6 is 11.3 Å². The van der Waals surface area contributed by atoms with Crippen LogP contribution in [0.15, 0.2) is 54.0 Å². The molecule has 162 valence electrons. The zero-order valence-electron chi connectivity index (χ0n) is 17.6. The van der Waals surface area contributed by atoms with Crippen molar-refractivity contribution in [1.82, 2.24) is 24.7 Å². The van der Waals surface area contributed by atoms with Crippen molar-refractivity contribution in [2.45, 2.75) is 26.2 Å². The fourth-order valence-electron chi connectivity index (χ4n) is 3.71. The van der Waals surface area contributed by atoms with Crippen molar-refractivity contribution in [3.05, 3.63) is 76.9 Å². The van der Waals surface area contributed by atoms with E-state index in [9.17, 15) is 9.18 Å². The second kappa shape index (κ2) is 8.55. The summed E-state index contributed by atoms with van der Waals surface area (Å²) >= 11 is 1.53. The first-order valence-electron chi connectivity index (χ1n) is 10.5. The quantitative estimate of drug-likeness (QED) is 0.385. The van der Waals surface area contributed by atoms with Crippen molar-refractivity contribution in [3.8, 4) is 11.3 Å². The molecule has 0 atom stereocenters. The molecule has 0 aliphatic carbocycles. The van der Waals surface area contributed by atoms with E-state index >= 15 is 0 Å². The number of nitrogens with one attached hydrogen (secondary N) is 2. The van der Waals surface area contributed by atoms with E-state index in [1.807, 2.05) is 16.0 Å². The molecule has 0 radical (unpaired) electrons. The number of rotatable bonds is 7. The molecule has 0 bridgehead atoms. The van der Waals surface area contributed by atoms with E-state index in [0.29, 0.717) is 24.0 Å². The average Bonchev–Trinajstić information content (AvgIpc) is 3.49. The van der Waals surface area contributed by atoms with Gasteiger partial charge in [-0.15, -0.1) is 11.3 Å². The zero-order valence-corrected chi connectivity index (χ0v) is 18.4. The maximum atomic E-state index is 13.3. The van der Waals surface area contributed by atoms with Crippen LogP contribution in [-0.2, 0) is 24.1 Å². The minimum absolute atomic E-state index is 0.0607. The number of carbonyl (C=O) groups excluding carboxylic acids is 1. The highest BCUT2D eigenvalue weighted by Gasteiger charge is 2.13. The van der Waals surface area contributed by atoms with Crippen molar-refractivity contribution >= 4 is 33.2 Å². The third kappa shape index (κ3) is 4.13. The molecular formula is C24H22FN5OS. The summed E-state index contributed by atoms with van der Waals surface area (Å²) < 4.78 is 15.3. The van der Waals surface area contributed by atoms with Gasteiger partial charge >= 0.3 is 0 Å². The van der Waals surface area contributed by atoms with Crippen LogP contribution in [0.5, 0.6) is 0 Å². The number of hydrogen-bond acceptors (Lipinski definition) is 4. The summed E-state index contributed by atoms with van der Waals surface area (Å²) in [6.07, 6.45) is 3.82. The normalized spacial score (nSPS) is 11.4. The summed E-state index contributed by atoms with van der Waals surface area (Å²) in [5, 5.41) is 4.91. The molecule has 0 aliphatic heterocycles. The smallest absolute Gasteiger partial charge is 0.225 e. The van der Waals surface area contributed by atoms with Gasteiger partial charge < -0.3 is 10.3 Å². The molecule has 3 aromatic heterocycles. The second-order valence-corrected chi connectivity index (χ2v) is 8.51. The fraction of sp³-hybridized carbons (Fsp3) is 0.208. The number of hydrogen-bond donors (Lipinski definition) is 2. The molecule has 3 heterocycles. The molecule has 5 rings (SSSR count). The van der Waals surface area contributed by atoms with Crippen molar-refractivity contribution in [3.63, 3.8) is 0 Å². The molecule has 6 nitrogen and oxygen atoms in total. The third-order valence-electron chi connectivity index (χ3n) is 5.46. The van der Waals surface area contributed by atoms with Crippen LogP contribution in [0.1, 0.15) is 24.0 Å². The van der Waals surface area contributed by atoms with E-state index in [2.05, 4.69) is 46.5 Å². The Morgan fingerprint density at radius 3 is 2.84 bits per heavy atom. The number of benzene rings is 2. The van der Waals surface area contributed by atoms with Gasteiger partial charge in [-0.25, -0.2) is 14.4 Å². The first kappa shape index (κ1) is 20.4. The Hall–Kier alpha value is -3.52. The summed E-state index contributed by atoms with van der Waals surface area (Å²) in [6.45, 7) is 2.59. The van der Waals surface area contributed by atoms with E-state index in [-0.39, 0.29) is 18.1 Å². The largest absolute Gasteiger partial charge is 0.355 e. The van der Waals surface area contributed by atoms with Gasteiger partial charge in [0.1, 0.15) is 11.6 Å². The highest BCUT2D eigenvalue weighted by Crippen LogP contribution is 2.24. The lowest BCUT2D eigenvalue weighted by molar-refractivity contribution is -0.120. The Kier molecular flexibility index (Phi) is 5.45. The van der Waals surface area contributed by atoms with Crippen molar-refractivity contribution in [2.75, 3.05) is 6.54 Å². The molecule has 0 fully saturated rings. The van der Waals surface area contributed by atoms with Crippen LogP contribution in [0.2, 0.25) is 0 Å². The molecule has 0 unspecified atom stereocenters. The summed E-state index contributed by atoms with van der Waals surface area (Å²) in [7, 11) is 0. The molecule has 0 aliphatic rings. The summed E-state index contributed by atoms with van der Waals surface area (Å²) in [5.74, 6) is 0.357. The van der Waals surface area contributed by atoms with Crippen LogP contribution in [0.3, 0.4) is 0 Å². The minimum Gasteiger partial charge on any atom is -0.355 e. The van der Waals surface area contributed by atoms with Crippen LogP contribution in [-0.4, -0.2) is 31.8 Å². The monoisotopic (exact) mass is 447 g/mol. The number of H-pyrrole nitrogens is 1. The van der Waals surface area contributed by atoms with Gasteiger partial charge in [-0.3, -0.25) is 9.20 Å². The molecule has 32 heavy (non-hydrogen) atoms. The predicted octanol–water partition coefficient (Wildman–Crippen LogP) is 4.54. The summed E-state index contributed by atoms with van der Waals surface area (Å²) in [5.41, 5.74) is 5.55. The number of aryl methyl sites for hydroxylation is 1. The number of thiazole rings is 1. The Morgan fingerprint density at radius 1 is 1.19 bits per heavy atom. The highest BCUT2D eigenvalue weighted by molar-refractivity contribution is 7.15. The van der Waals surface area contributed by atoms with E-state index in [1.54, 1.807) is 6.07 Å². The molecular weight excluding hydrogens is 425 g/mol. The van der Waals surface area contributed by atoms with Gasteiger partial charge in [0.05, 0.1) is 23.1 Å². The van der Waals surface area contributed by atoms with Gasteiger partial charge in [0.2, 0.25) is 5.91 Å². The van der Waals surface area contributed by atoms with Crippen molar-refractivity contribution < 1.29 is 9.18 Å². The van der Waals surface area contributed by atoms with Gasteiger partial charge in [-0.05, 0) is 30.2 Å². The number of amides is 1. The number of carbonyl (C=O) groups is 1. The average molecular weight is 448 g/mol. The van der Waals surface area contributed by atoms with Gasteiger partial charge in [0, 0.05) is 35.8 Å². The Labute approximate surface area is 188 Å². The Bertz CT molecular complexity index is 1400. The molecule has 2 N–H and O–H groups in total. The zero-order chi connectivity index (χ0) is 22.1. The predicted molar refractivity (Wildman–Crippen MR) is 124 cm³/mol. The van der Waals surface area contributed by atoms with E-state index < -0.39 is 0 Å². The number of fused-ring (bicyclic) bond motifs is 2. The van der Waals surface area contributed by atoms with Gasteiger partial charge in [-0.1, -0.05) is 31.2 Å². The Balaban J connectivity index is 1.21. The number of aromatic nitrogens is 4. The van der Waals surface area contributed by atoms with Crippen LogP contribution in [0.25, 0.3) is 27.3 Å². The van der Waals surface area contributed by atoms with Gasteiger partial charge in [-0.2, -0.15) is 0 Å². The molecule has 2 aromatic carbocycles. The standard InChI is InChI=1S/C24H22FN5OS/c1-2-15-3-5-16(6-4-15)21-13-30-18(14-32-24(30)29-21)12-23(31)26-10-9-22-27-19-8-7-17(25)11-20(19)28-22/h3-8,11,13-14H,2,9-10,12H2,1H3,(H,26,31)(H,27,28).